The van der Waals surface area contributed by atoms with Gasteiger partial charge in [0.2, 0.25) is 11.9 Å². The van der Waals surface area contributed by atoms with Gasteiger partial charge in [-0.05, 0) is 13.8 Å². The smallest absolute Gasteiger partial charge is 0.241 e. The van der Waals surface area contributed by atoms with Crippen molar-refractivity contribution < 1.29 is 4.79 Å². The number of amides is 1. The lowest BCUT2D eigenvalue weighted by molar-refractivity contribution is -0.128. The molecule has 0 aliphatic carbocycles. The van der Waals surface area contributed by atoms with Crippen LogP contribution in [0.15, 0.2) is 12.4 Å². The molecular formula is C10H18N4O. The summed E-state index contributed by atoms with van der Waals surface area (Å²) in [6, 6.07) is 0. The maximum atomic E-state index is 11.6. The van der Waals surface area contributed by atoms with Crippen LogP contribution < -0.4 is 5.32 Å². The summed E-state index contributed by atoms with van der Waals surface area (Å²) in [5, 5.41) is 3.00. The van der Waals surface area contributed by atoms with Crippen LogP contribution in [-0.2, 0) is 11.8 Å². The Kier molecular flexibility index (Phi) is 4.15. The van der Waals surface area contributed by atoms with E-state index in [-0.39, 0.29) is 5.91 Å². The zero-order chi connectivity index (χ0) is 11.3. The number of hydrogen-bond donors (Lipinski definition) is 1. The fourth-order valence-electron chi connectivity index (χ4n) is 1.38. The maximum absolute atomic E-state index is 11.6. The van der Waals surface area contributed by atoms with Gasteiger partial charge in [-0.1, -0.05) is 0 Å². The molecule has 0 atom stereocenters. The van der Waals surface area contributed by atoms with Crippen LogP contribution >= 0.6 is 0 Å². The second kappa shape index (κ2) is 5.38. The number of aryl methyl sites for hydroxylation is 1. The van der Waals surface area contributed by atoms with E-state index in [0.717, 1.165) is 19.0 Å². The van der Waals surface area contributed by atoms with Crippen LogP contribution in [-0.4, -0.2) is 40.0 Å². The van der Waals surface area contributed by atoms with Crippen LogP contribution in [0.1, 0.15) is 13.8 Å². The first-order valence-corrected chi connectivity index (χ1v) is 5.18. The van der Waals surface area contributed by atoms with Crippen molar-refractivity contribution in [3.05, 3.63) is 12.4 Å². The molecule has 1 amide bonds. The summed E-state index contributed by atoms with van der Waals surface area (Å²) in [7, 11) is 1.89. The van der Waals surface area contributed by atoms with Gasteiger partial charge in [-0.2, -0.15) is 0 Å². The summed E-state index contributed by atoms with van der Waals surface area (Å²) >= 11 is 0. The molecule has 0 aliphatic heterocycles. The van der Waals surface area contributed by atoms with Crippen molar-refractivity contribution in [1.82, 2.24) is 14.5 Å². The highest BCUT2D eigenvalue weighted by Crippen LogP contribution is 2.00. The minimum absolute atomic E-state index is 0.100. The first-order valence-electron chi connectivity index (χ1n) is 5.18. The lowest BCUT2D eigenvalue weighted by Gasteiger charge is -2.18. The SMILES string of the molecule is CCN(CC)C(=O)CNc1nccn1C. The number of nitrogens with zero attached hydrogens (tertiary/aromatic N) is 3. The van der Waals surface area contributed by atoms with E-state index in [0.29, 0.717) is 6.54 Å². The number of anilines is 1. The Bertz CT molecular complexity index is 317. The third-order valence-electron chi connectivity index (χ3n) is 2.34. The predicted molar refractivity (Wildman–Crippen MR) is 59.6 cm³/mol. The Labute approximate surface area is 90.1 Å². The summed E-state index contributed by atoms with van der Waals surface area (Å²) < 4.78 is 1.84. The van der Waals surface area contributed by atoms with Crippen molar-refractivity contribution in [2.24, 2.45) is 7.05 Å². The van der Waals surface area contributed by atoms with E-state index in [1.807, 2.05) is 31.7 Å². The molecule has 0 aromatic carbocycles. The standard InChI is InChI=1S/C10H18N4O/c1-4-14(5-2)9(15)8-12-10-11-6-7-13(10)3/h6-7H,4-5,8H2,1-3H3,(H,11,12). The molecule has 0 bridgehead atoms. The van der Waals surface area contributed by atoms with Crippen molar-refractivity contribution in [3.63, 3.8) is 0 Å². The number of aromatic nitrogens is 2. The molecule has 15 heavy (non-hydrogen) atoms. The molecule has 0 saturated carbocycles. The molecule has 84 valence electrons. The zero-order valence-corrected chi connectivity index (χ0v) is 9.53. The van der Waals surface area contributed by atoms with E-state index in [1.54, 1.807) is 11.1 Å². The van der Waals surface area contributed by atoms with E-state index in [4.69, 9.17) is 0 Å². The lowest BCUT2D eigenvalue weighted by Crippen LogP contribution is -2.35. The number of nitrogens with one attached hydrogen (secondary N) is 1. The van der Waals surface area contributed by atoms with E-state index >= 15 is 0 Å². The van der Waals surface area contributed by atoms with E-state index in [9.17, 15) is 4.79 Å². The molecule has 0 unspecified atom stereocenters. The molecular weight excluding hydrogens is 192 g/mol. The van der Waals surface area contributed by atoms with Crippen LogP contribution in [0.4, 0.5) is 5.95 Å². The number of carbonyl (C=O) groups is 1. The lowest BCUT2D eigenvalue weighted by atomic mass is 10.4. The fourth-order valence-corrected chi connectivity index (χ4v) is 1.38. The quantitative estimate of drug-likeness (QED) is 0.778. The van der Waals surface area contributed by atoms with Gasteiger partial charge in [0.25, 0.3) is 0 Å². The van der Waals surface area contributed by atoms with E-state index in [2.05, 4.69) is 10.3 Å². The summed E-state index contributed by atoms with van der Waals surface area (Å²) in [4.78, 5) is 17.5. The molecule has 1 N–H and O–H groups in total. The minimum atomic E-state index is 0.100. The van der Waals surface area contributed by atoms with Crippen molar-refractivity contribution in [2.45, 2.75) is 13.8 Å². The maximum Gasteiger partial charge on any atom is 0.241 e. The van der Waals surface area contributed by atoms with Crippen LogP contribution in [0.3, 0.4) is 0 Å². The van der Waals surface area contributed by atoms with E-state index in [1.165, 1.54) is 0 Å². The van der Waals surface area contributed by atoms with Gasteiger partial charge in [-0.15, -0.1) is 0 Å². The van der Waals surface area contributed by atoms with Gasteiger partial charge in [-0.3, -0.25) is 4.79 Å². The van der Waals surface area contributed by atoms with Gasteiger partial charge in [0.1, 0.15) is 0 Å². The molecule has 0 radical (unpaired) electrons. The Balaban J connectivity index is 2.43. The molecule has 0 spiro atoms. The summed E-state index contributed by atoms with van der Waals surface area (Å²) in [6.07, 6.45) is 3.54. The Hall–Kier alpha value is -1.52. The number of carbonyl (C=O) groups excluding carboxylic acids is 1. The van der Waals surface area contributed by atoms with Crippen molar-refractivity contribution in [1.29, 1.82) is 0 Å². The van der Waals surface area contributed by atoms with Crippen molar-refractivity contribution in [3.8, 4) is 0 Å². The molecule has 0 fully saturated rings. The third kappa shape index (κ3) is 2.97. The Morgan fingerprint density at radius 2 is 2.20 bits per heavy atom. The van der Waals surface area contributed by atoms with Gasteiger partial charge in [0, 0.05) is 32.5 Å². The summed E-state index contributed by atoms with van der Waals surface area (Å²) in [5.41, 5.74) is 0. The number of rotatable bonds is 5. The molecule has 1 aromatic rings. The Morgan fingerprint density at radius 1 is 1.53 bits per heavy atom. The van der Waals surface area contributed by atoms with Crippen LogP contribution in [0, 0.1) is 0 Å². The van der Waals surface area contributed by atoms with Crippen LogP contribution in [0.5, 0.6) is 0 Å². The highest BCUT2D eigenvalue weighted by Gasteiger charge is 2.09. The molecule has 0 aliphatic rings. The first-order chi connectivity index (χ1) is 7.19. The zero-order valence-electron chi connectivity index (χ0n) is 9.53. The average Bonchev–Trinajstić information content (AvgIpc) is 2.63. The number of imidazole rings is 1. The monoisotopic (exact) mass is 210 g/mol. The number of likely N-dealkylation sites (N-methyl/N-ethyl adjacent to an activating group) is 1. The van der Waals surface area contributed by atoms with Crippen molar-refractivity contribution >= 4 is 11.9 Å². The van der Waals surface area contributed by atoms with Crippen molar-refractivity contribution in [2.75, 3.05) is 25.0 Å². The van der Waals surface area contributed by atoms with Gasteiger partial charge < -0.3 is 14.8 Å². The molecule has 5 heteroatoms. The minimum Gasteiger partial charge on any atom is -0.347 e. The summed E-state index contributed by atoms with van der Waals surface area (Å²) in [5.74, 6) is 0.818. The normalized spacial score (nSPS) is 10.1. The fraction of sp³-hybridized carbons (Fsp3) is 0.600. The second-order valence-corrected chi connectivity index (χ2v) is 3.28. The highest BCUT2D eigenvalue weighted by molar-refractivity contribution is 5.80. The topological polar surface area (TPSA) is 50.2 Å². The number of hydrogen-bond acceptors (Lipinski definition) is 3. The molecule has 1 rings (SSSR count). The van der Waals surface area contributed by atoms with Gasteiger partial charge in [-0.25, -0.2) is 4.98 Å². The molecule has 5 nitrogen and oxygen atoms in total. The van der Waals surface area contributed by atoms with Gasteiger partial charge in [0.05, 0.1) is 6.54 Å². The largest absolute Gasteiger partial charge is 0.347 e. The third-order valence-corrected chi connectivity index (χ3v) is 2.34. The average molecular weight is 210 g/mol. The predicted octanol–water partition coefficient (Wildman–Crippen LogP) is 0.700. The van der Waals surface area contributed by atoms with Crippen LogP contribution in [0.25, 0.3) is 0 Å². The second-order valence-electron chi connectivity index (χ2n) is 3.28. The van der Waals surface area contributed by atoms with Gasteiger partial charge in [0.15, 0.2) is 0 Å². The molecule has 1 heterocycles. The molecule has 0 saturated heterocycles. The van der Waals surface area contributed by atoms with Gasteiger partial charge >= 0.3 is 0 Å². The highest BCUT2D eigenvalue weighted by atomic mass is 16.2. The first kappa shape index (κ1) is 11.6. The molecule has 1 aromatic heterocycles. The van der Waals surface area contributed by atoms with E-state index < -0.39 is 0 Å². The summed E-state index contributed by atoms with van der Waals surface area (Å²) in [6.45, 7) is 5.74. The Morgan fingerprint density at radius 3 is 2.67 bits per heavy atom. The van der Waals surface area contributed by atoms with Crippen LogP contribution in [0.2, 0.25) is 0 Å².